The summed E-state index contributed by atoms with van der Waals surface area (Å²) >= 11 is 0. The van der Waals surface area contributed by atoms with E-state index < -0.39 is 10.0 Å². The highest BCUT2D eigenvalue weighted by Crippen LogP contribution is 2.20. The number of benzene rings is 2. The van der Waals surface area contributed by atoms with Crippen molar-refractivity contribution >= 4 is 21.9 Å². The van der Waals surface area contributed by atoms with Crippen LogP contribution in [-0.2, 0) is 10.0 Å². The second-order valence-electron chi connectivity index (χ2n) is 5.02. The summed E-state index contributed by atoms with van der Waals surface area (Å²) in [7, 11) is -3.44. The summed E-state index contributed by atoms with van der Waals surface area (Å²) in [6.07, 6.45) is 1.65. The second kappa shape index (κ2) is 5.82. The van der Waals surface area contributed by atoms with Crippen molar-refractivity contribution in [3.05, 3.63) is 65.2 Å². The van der Waals surface area contributed by atoms with Gasteiger partial charge in [0.15, 0.2) is 0 Å². The molecular weight excluding hydrogens is 298 g/mol. The first kappa shape index (κ1) is 14.6. The van der Waals surface area contributed by atoms with Crippen molar-refractivity contribution in [3.63, 3.8) is 0 Å². The third kappa shape index (κ3) is 2.98. The van der Waals surface area contributed by atoms with Crippen molar-refractivity contribution in [1.82, 2.24) is 4.72 Å². The van der Waals surface area contributed by atoms with E-state index in [1.807, 2.05) is 31.2 Å². The molecule has 6 heteroatoms. The number of aryl methyl sites for hydroxylation is 1. The van der Waals surface area contributed by atoms with Gasteiger partial charge in [0, 0.05) is 5.56 Å². The van der Waals surface area contributed by atoms with E-state index in [2.05, 4.69) is 14.9 Å². The molecule has 22 heavy (non-hydrogen) atoms. The molecule has 0 aromatic heterocycles. The molecular formula is C16H15N3O2S. The fraction of sp³-hybridized carbons (Fsp3) is 0.125. The number of hydrogen-bond acceptors (Lipinski definition) is 4. The Kier molecular flexibility index (Phi) is 3.87. The van der Waals surface area contributed by atoms with Gasteiger partial charge in [0.2, 0.25) is 10.0 Å². The fourth-order valence-corrected chi connectivity index (χ4v) is 3.40. The van der Waals surface area contributed by atoms with E-state index in [0.717, 1.165) is 5.56 Å². The third-order valence-electron chi connectivity index (χ3n) is 3.38. The highest BCUT2D eigenvalue weighted by atomic mass is 32.2. The summed E-state index contributed by atoms with van der Waals surface area (Å²) in [5.74, 6) is 0. The molecule has 0 aliphatic carbocycles. The monoisotopic (exact) mass is 313 g/mol. The van der Waals surface area contributed by atoms with Gasteiger partial charge in [-0.1, -0.05) is 48.0 Å². The van der Waals surface area contributed by atoms with Gasteiger partial charge < -0.3 is 0 Å². The first-order valence-electron chi connectivity index (χ1n) is 6.82. The van der Waals surface area contributed by atoms with Gasteiger partial charge in [-0.05, 0) is 18.6 Å². The molecule has 1 aliphatic rings. The molecule has 5 nitrogen and oxygen atoms in total. The topological polar surface area (TPSA) is 70.9 Å². The molecule has 1 N–H and O–H groups in total. The maximum atomic E-state index is 11.9. The van der Waals surface area contributed by atoms with Gasteiger partial charge in [0.25, 0.3) is 0 Å². The summed E-state index contributed by atoms with van der Waals surface area (Å²) in [6, 6.07) is 14.7. The number of fused-ring (bicyclic) bond motifs is 1. The normalized spacial score (nSPS) is 18.5. The fourth-order valence-electron chi connectivity index (χ4n) is 2.18. The smallest absolute Gasteiger partial charge is 0.207 e. The average molecular weight is 313 g/mol. The van der Waals surface area contributed by atoms with Gasteiger partial charge >= 0.3 is 0 Å². The first-order chi connectivity index (χ1) is 10.6. The average Bonchev–Trinajstić information content (AvgIpc) is 2.52. The van der Waals surface area contributed by atoms with Crippen LogP contribution in [-0.4, -0.2) is 26.9 Å². The number of sulfonamides is 1. The van der Waals surface area contributed by atoms with Crippen LogP contribution in [0.3, 0.4) is 0 Å². The zero-order valence-electron chi connectivity index (χ0n) is 12.0. The summed E-state index contributed by atoms with van der Waals surface area (Å²) in [5, 5.41) is 8.24. The molecule has 3 rings (SSSR count). The molecule has 1 heterocycles. The van der Waals surface area contributed by atoms with Crippen LogP contribution in [0.25, 0.3) is 0 Å². The lowest BCUT2D eigenvalue weighted by Crippen LogP contribution is -2.36. The van der Waals surface area contributed by atoms with Crippen LogP contribution in [0.2, 0.25) is 0 Å². The molecule has 2 aromatic carbocycles. The van der Waals surface area contributed by atoms with Gasteiger partial charge in [-0.3, -0.25) is 0 Å². The van der Waals surface area contributed by atoms with Gasteiger partial charge in [0.05, 0.1) is 23.4 Å². The molecule has 0 radical (unpaired) electrons. The lowest BCUT2D eigenvalue weighted by Gasteiger charge is -2.17. The van der Waals surface area contributed by atoms with Crippen LogP contribution in [0.15, 0.2) is 63.6 Å². The van der Waals surface area contributed by atoms with E-state index in [9.17, 15) is 8.42 Å². The number of rotatable bonds is 2. The Morgan fingerprint density at radius 3 is 2.59 bits per heavy atom. The maximum Gasteiger partial charge on any atom is 0.241 e. The van der Waals surface area contributed by atoms with Crippen LogP contribution in [0, 0.1) is 6.92 Å². The minimum Gasteiger partial charge on any atom is -0.207 e. The Balaban J connectivity index is 1.91. The lowest BCUT2D eigenvalue weighted by atomic mass is 10.1. The highest BCUT2D eigenvalue weighted by molar-refractivity contribution is 7.89. The molecule has 0 fully saturated rings. The van der Waals surface area contributed by atoms with Crippen molar-refractivity contribution in [2.75, 3.05) is 6.54 Å². The van der Waals surface area contributed by atoms with Crippen LogP contribution < -0.4 is 4.72 Å². The zero-order valence-corrected chi connectivity index (χ0v) is 12.8. The van der Waals surface area contributed by atoms with Crippen molar-refractivity contribution in [2.24, 2.45) is 10.2 Å². The van der Waals surface area contributed by atoms with E-state index in [1.54, 1.807) is 30.5 Å². The molecule has 112 valence electrons. The quantitative estimate of drug-likeness (QED) is 0.681. The predicted molar refractivity (Wildman–Crippen MR) is 86.9 cm³/mol. The Bertz CT molecular complexity index is 853. The molecule has 0 saturated carbocycles. The maximum absolute atomic E-state index is 11.9. The molecule has 1 aliphatic heterocycles. The summed E-state index contributed by atoms with van der Waals surface area (Å²) in [6.45, 7) is 2.16. The Hall–Kier alpha value is -2.31. The van der Waals surface area contributed by atoms with Crippen molar-refractivity contribution in [2.45, 2.75) is 11.8 Å². The van der Waals surface area contributed by atoms with E-state index >= 15 is 0 Å². The second-order valence-corrected chi connectivity index (χ2v) is 6.76. The van der Waals surface area contributed by atoms with Crippen molar-refractivity contribution in [1.29, 1.82) is 0 Å². The highest BCUT2D eigenvalue weighted by Gasteiger charge is 2.26. The Morgan fingerprint density at radius 1 is 1.09 bits per heavy atom. The molecule has 2 aromatic rings. The molecule has 0 unspecified atom stereocenters. The third-order valence-corrected chi connectivity index (χ3v) is 4.84. The van der Waals surface area contributed by atoms with E-state index in [1.165, 1.54) is 5.56 Å². The number of nitrogens with zero attached hydrogens (tertiary/aromatic N) is 2. The van der Waals surface area contributed by atoms with Crippen molar-refractivity contribution in [3.8, 4) is 0 Å². The Morgan fingerprint density at radius 2 is 1.82 bits per heavy atom. The van der Waals surface area contributed by atoms with Gasteiger partial charge in [-0.2, -0.15) is 10.2 Å². The van der Waals surface area contributed by atoms with Gasteiger partial charge in [0.1, 0.15) is 0 Å². The number of nitrogens with one attached hydrogen (secondary N) is 1. The van der Waals surface area contributed by atoms with Crippen LogP contribution >= 0.6 is 0 Å². The predicted octanol–water partition coefficient (Wildman–Crippen LogP) is 2.11. The minimum atomic E-state index is -3.44. The standard InChI is InChI=1S/C16H15N3O2S/c1-12-6-8-13(9-7-12)10-17-19-15-11-18-22(20,21)16-5-3-2-4-14(15)16/h2-10,18H,11H2,1H3/b17-10+,19-15+. The zero-order chi connectivity index (χ0) is 15.6. The van der Waals surface area contributed by atoms with E-state index in [4.69, 9.17) is 0 Å². The van der Waals surface area contributed by atoms with Gasteiger partial charge in [-0.25, -0.2) is 13.1 Å². The first-order valence-corrected chi connectivity index (χ1v) is 8.30. The van der Waals surface area contributed by atoms with E-state index in [0.29, 0.717) is 11.3 Å². The van der Waals surface area contributed by atoms with Crippen LogP contribution in [0.5, 0.6) is 0 Å². The molecule has 0 bridgehead atoms. The van der Waals surface area contributed by atoms with Gasteiger partial charge in [-0.15, -0.1) is 0 Å². The SMILES string of the molecule is Cc1ccc(/C=N/N=C2\CNS(=O)(=O)c3ccccc32)cc1. The molecule has 0 saturated heterocycles. The molecule has 0 atom stereocenters. The largest absolute Gasteiger partial charge is 0.241 e. The molecule has 0 amide bonds. The lowest BCUT2D eigenvalue weighted by molar-refractivity contribution is 0.584. The Labute approximate surface area is 129 Å². The van der Waals surface area contributed by atoms with Crippen molar-refractivity contribution < 1.29 is 8.42 Å². The summed E-state index contributed by atoms with van der Waals surface area (Å²) in [5.41, 5.74) is 3.33. The number of hydrogen-bond donors (Lipinski definition) is 1. The summed E-state index contributed by atoms with van der Waals surface area (Å²) in [4.78, 5) is 0.241. The van der Waals surface area contributed by atoms with E-state index in [-0.39, 0.29) is 11.4 Å². The summed E-state index contributed by atoms with van der Waals surface area (Å²) < 4.78 is 26.4. The van der Waals surface area contributed by atoms with Crippen LogP contribution in [0.1, 0.15) is 16.7 Å². The van der Waals surface area contributed by atoms with Crippen LogP contribution in [0.4, 0.5) is 0 Å². The molecule has 0 spiro atoms. The minimum absolute atomic E-state index is 0.143.